The van der Waals surface area contributed by atoms with Crippen molar-refractivity contribution in [3.63, 3.8) is 0 Å². The molecule has 2 aromatic carbocycles. The number of nitrogens with one attached hydrogen (secondary N) is 1. The summed E-state index contributed by atoms with van der Waals surface area (Å²) in [4.78, 5) is 23.0. The number of rotatable bonds is 5. The van der Waals surface area contributed by atoms with Crippen molar-refractivity contribution in [2.45, 2.75) is 40.0 Å². The number of Topliss-reactive ketones (excluding diaryl/α,β-unsaturated/α-hetero) is 1. The van der Waals surface area contributed by atoms with Gasteiger partial charge in [-0.3, -0.25) is 4.79 Å². The summed E-state index contributed by atoms with van der Waals surface area (Å²) in [5.41, 5.74) is 4.76. The second kappa shape index (κ2) is 8.27. The number of imidazole rings is 1. The van der Waals surface area contributed by atoms with Crippen LogP contribution in [0.4, 0.5) is 5.69 Å². The molecular weight excluding hydrogens is 394 g/mol. The molecule has 1 saturated heterocycles. The number of nitrogens with zero attached hydrogens (tertiary/aromatic N) is 2. The lowest BCUT2D eigenvalue weighted by molar-refractivity contribution is 0.0984. The number of carbonyl (C=O) groups is 1. The Bertz CT molecular complexity index is 1030. The molecule has 0 spiro atoms. The molecule has 156 valence electrons. The van der Waals surface area contributed by atoms with Gasteiger partial charge in [0.2, 0.25) is 0 Å². The van der Waals surface area contributed by atoms with Crippen LogP contribution in [0.3, 0.4) is 0 Å². The second-order valence-corrected chi connectivity index (χ2v) is 9.23. The maximum atomic E-state index is 12.5. The molecule has 1 fully saturated rings. The molecule has 0 saturated carbocycles. The third-order valence-corrected chi connectivity index (χ3v) is 6.30. The summed E-state index contributed by atoms with van der Waals surface area (Å²) in [5, 5.41) is 0.662. The topological polar surface area (TPSA) is 49.0 Å². The van der Waals surface area contributed by atoms with Crippen LogP contribution in [0.1, 0.15) is 50.5 Å². The number of aromatic nitrogens is 2. The Morgan fingerprint density at radius 3 is 2.23 bits per heavy atom. The first-order chi connectivity index (χ1) is 14.4. The van der Waals surface area contributed by atoms with Crippen molar-refractivity contribution in [2.75, 3.05) is 18.0 Å². The van der Waals surface area contributed by atoms with Crippen molar-refractivity contribution >= 4 is 23.1 Å². The summed E-state index contributed by atoms with van der Waals surface area (Å²) < 4.78 is 0. The van der Waals surface area contributed by atoms with E-state index in [4.69, 9.17) is 16.6 Å². The van der Waals surface area contributed by atoms with Crippen LogP contribution in [0, 0.1) is 5.41 Å². The summed E-state index contributed by atoms with van der Waals surface area (Å²) in [6.45, 7) is 8.73. The molecule has 4 nitrogen and oxygen atoms in total. The van der Waals surface area contributed by atoms with E-state index in [-0.39, 0.29) is 5.78 Å². The zero-order chi connectivity index (χ0) is 21.3. The quantitative estimate of drug-likeness (QED) is 0.471. The van der Waals surface area contributed by atoms with Crippen LogP contribution in [0.15, 0.2) is 48.5 Å². The maximum Gasteiger partial charge on any atom is 0.181 e. The Balaban J connectivity index is 1.62. The highest BCUT2D eigenvalue weighted by Crippen LogP contribution is 2.33. The minimum atomic E-state index is 0.0475. The number of H-pyrrole nitrogens is 1. The molecule has 1 aliphatic rings. The van der Waals surface area contributed by atoms with Crippen molar-refractivity contribution in [3.05, 3.63) is 59.2 Å². The molecule has 0 unspecified atom stereocenters. The van der Waals surface area contributed by atoms with Crippen LogP contribution in [-0.4, -0.2) is 28.8 Å². The van der Waals surface area contributed by atoms with Crippen LogP contribution < -0.4 is 4.90 Å². The number of anilines is 1. The predicted molar refractivity (Wildman–Crippen MR) is 124 cm³/mol. The van der Waals surface area contributed by atoms with E-state index in [0.717, 1.165) is 24.2 Å². The van der Waals surface area contributed by atoms with Gasteiger partial charge in [0.05, 0.1) is 5.69 Å². The molecule has 1 aromatic heterocycles. The number of hydrogen-bond acceptors (Lipinski definition) is 3. The van der Waals surface area contributed by atoms with E-state index < -0.39 is 0 Å². The monoisotopic (exact) mass is 421 g/mol. The number of ketones is 1. The third-order valence-electron chi connectivity index (χ3n) is 6.04. The van der Waals surface area contributed by atoms with E-state index in [2.05, 4.69) is 48.0 Å². The van der Waals surface area contributed by atoms with Gasteiger partial charge in [-0.2, -0.15) is 0 Å². The number of carbonyl (C=O) groups excluding carboxylic acids is 1. The van der Waals surface area contributed by atoms with Gasteiger partial charge in [-0.15, -0.1) is 0 Å². The van der Waals surface area contributed by atoms with Gasteiger partial charge >= 0.3 is 0 Å². The summed E-state index contributed by atoms with van der Waals surface area (Å²) in [7, 11) is 0. The van der Waals surface area contributed by atoms with Crippen LogP contribution in [0.2, 0.25) is 5.02 Å². The number of benzene rings is 2. The van der Waals surface area contributed by atoms with Gasteiger partial charge in [0.15, 0.2) is 5.78 Å². The molecule has 3 aromatic rings. The smallest absolute Gasteiger partial charge is 0.181 e. The van der Waals surface area contributed by atoms with Gasteiger partial charge < -0.3 is 9.88 Å². The molecule has 0 aliphatic carbocycles. The molecule has 4 rings (SSSR count). The van der Waals surface area contributed by atoms with Crippen molar-refractivity contribution in [1.82, 2.24) is 9.97 Å². The Hall–Kier alpha value is -2.59. The van der Waals surface area contributed by atoms with Crippen molar-refractivity contribution in [1.29, 1.82) is 0 Å². The fraction of sp³-hybridized carbons (Fsp3) is 0.360. The Labute approximate surface area is 183 Å². The summed E-state index contributed by atoms with van der Waals surface area (Å²) in [6, 6.07) is 15.9. The predicted octanol–water partition coefficient (Wildman–Crippen LogP) is 6.62. The fourth-order valence-electron chi connectivity index (χ4n) is 3.91. The first-order valence-corrected chi connectivity index (χ1v) is 11.0. The van der Waals surface area contributed by atoms with Crippen LogP contribution >= 0.6 is 11.6 Å². The number of halogens is 1. The summed E-state index contributed by atoms with van der Waals surface area (Å²) >= 11 is 6.03. The van der Waals surface area contributed by atoms with Crippen LogP contribution in [-0.2, 0) is 0 Å². The van der Waals surface area contributed by atoms with Crippen LogP contribution in [0.25, 0.3) is 22.6 Å². The highest BCUT2D eigenvalue weighted by atomic mass is 35.5. The molecule has 0 bridgehead atoms. The lowest BCUT2D eigenvalue weighted by Gasteiger charge is -2.38. The molecule has 2 heterocycles. The standard InChI is InChI=1S/C25H28ClN3O/c1-4-21(30)23-22(17-5-9-19(26)10-6-17)27-24(28-23)18-7-11-20(12-8-18)29-15-13-25(2,3)14-16-29/h5-12H,4,13-16H2,1-3H3,(H,27,28). The van der Waals surface area contributed by atoms with E-state index in [1.165, 1.54) is 18.5 Å². The van der Waals surface area contributed by atoms with Gasteiger partial charge in [0.25, 0.3) is 0 Å². The first kappa shape index (κ1) is 20.7. The highest BCUT2D eigenvalue weighted by Gasteiger charge is 2.25. The number of aromatic amines is 1. The molecule has 1 aliphatic heterocycles. The van der Waals surface area contributed by atoms with Crippen molar-refractivity contribution in [2.24, 2.45) is 5.41 Å². The zero-order valence-electron chi connectivity index (χ0n) is 17.8. The summed E-state index contributed by atoms with van der Waals surface area (Å²) in [6.07, 6.45) is 2.84. The average Bonchev–Trinajstić information content (AvgIpc) is 3.19. The fourth-order valence-corrected chi connectivity index (χ4v) is 4.03. The summed E-state index contributed by atoms with van der Waals surface area (Å²) in [5.74, 6) is 0.759. The highest BCUT2D eigenvalue weighted by molar-refractivity contribution is 6.30. The van der Waals surface area contributed by atoms with E-state index >= 15 is 0 Å². The van der Waals surface area contributed by atoms with Gasteiger partial charge in [0.1, 0.15) is 11.5 Å². The minimum absolute atomic E-state index is 0.0475. The van der Waals surface area contributed by atoms with E-state index in [1.807, 2.05) is 31.2 Å². The van der Waals surface area contributed by atoms with Gasteiger partial charge in [0, 0.05) is 41.3 Å². The minimum Gasteiger partial charge on any atom is -0.371 e. The Morgan fingerprint density at radius 2 is 1.63 bits per heavy atom. The van der Waals surface area contributed by atoms with Gasteiger partial charge in [-0.25, -0.2) is 4.98 Å². The maximum absolute atomic E-state index is 12.5. The lowest BCUT2D eigenvalue weighted by atomic mass is 9.82. The second-order valence-electron chi connectivity index (χ2n) is 8.79. The molecule has 1 N–H and O–H groups in total. The van der Waals surface area contributed by atoms with Gasteiger partial charge in [-0.1, -0.05) is 44.5 Å². The number of hydrogen-bond donors (Lipinski definition) is 1. The molecule has 0 amide bonds. The van der Waals surface area contributed by atoms with E-state index in [1.54, 1.807) is 0 Å². The van der Waals surface area contributed by atoms with E-state index in [9.17, 15) is 4.79 Å². The average molecular weight is 422 g/mol. The Kier molecular flexibility index (Phi) is 5.70. The molecule has 0 atom stereocenters. The van der Waals surface area contributed by atoms with Crippen LogP contribution in [0.5, 0.6) is 0 Å². The molecule has 0 radical (unpaired) electrons. The first-order valence-electron chi connectivity index (χ1n) is 10.6. The number of piperidine rings is 1. The van der Waals surface area contributed by atoms with E-state index in [0.29, 0.717) is 34.1 Å². The zero-order valence-corrected chi connectivity index (χ0v) is 18.6. The normalized spacial score (nSPS) is 15.9. The van der Waals surface area contributed by atoms with Gasteiger partial charge in [-0.05, 0) is 54.7 Å². The lowest BCUT2D eigenvalue weighted by Crippen LogP contribution is -2.37. The third kappa shape index (κ3) is 4.29. The SMILES string of the molecule is CCC(=O)c1[nH]c(-c2ccc(N3CCC(C)(C)CC3)cc2)nc1-c1ccc(Cl)cc1. The molecular formula is C25H28ClN3O. The van der Waals surface area contributed by atoms with Crippen molar-refractivity contribution < 1.29 is 4.79 Å². The molecule has 30 heavy (non-hydrogen) atoms. The van der Waals surface area contributed by atoms with Crippen molar-refractivity contribution in [3.8, 4) is 22.6 Å². The largest absolute Gasteiger partial charge is 0.371 e. The molecule has 5 heteroatoms. The Morgan fingerprint density at radius 1 is 1.03 bits per heavy atom.